The molecule has 3 aliphatic rings. The maximum Gasteiger partial charge on any atom is 0.311 e. The van der Waals surface area contributed by atoms with Crippen LogP contribution in [0.4, 0.5) is 5.69 Å². The van der Waals surface area contributed by atoms with Crippen LogP contribution in [-0.4, -0.2) is 63.0 Å². The Morgan fingerprint density at radius 1 is 1.18 bits per heavy atom. The molecule has 2 aliphatic heterocycles. The summed E-state index contributed by atoms with van der Waals surface area (Å²) in [5, 5.41) is 0.504. The molecule has 1 aliphatic carbocycles. The lowest BCUT2D eigenvalue weighted by molar-refractivity contribution is -0.139. The monoisotopic (exact) mass is 557 g/mol. The summed E-state index contributed by atoms with van der Waals surface area (Å²) in [6, 6.07) is 11.8. The number of nitrogens with zero attached hydrogens (tertiary/aromatic N) is 3. The number of methoxy groups -OCH3 is 1. The van der Waals surface area contributed by atoms with E-state index in [0.29, 0.717) is 46.8 Å². The minimum atomic E-state index is -3.80. The van der Waals surface area contributed by atoms with E-state index in [1.807, 2.05) is 6.92 Å². The van der Waals surface area contributed by atoms with Gasteiger partial charge in [0, 0.05) is 35.8 Å². The Kier molecular flexibility index (Phi) is 7.62. The molecule has 8 nitrogen and oxygen atoms in total. The van der Waals surface area contributed by atoms with E-state index in [9.17, 15) is 13.2 Å². The van der Waals surface area contributed by atoms with E-state index in [0.717, 1.165) is 19.3 Å². The van der Waals surface area contributed by atoms with Crippen LogP contribution < -0.4 is 4.74 Å². The van der Waals surface area contributed by atoms with Crippen molar-refractivity contribution in [2.24, 2.45) is 21.8 Å². The summed E-state index contributed by atoms with van der Waals surface area (Å²) in [4.78, 5) is 22.5. The Morgan fingerprint density at radius 2 is 1.95 bits per heavy atom. The molecule has 0 aromatic heterocycles. The highest BCUT2D eigenvalue weighted by molar-refractivity contribution is 7.89. The lowest BCUT2D eigenvalue weighted by Gasteiger charge is -2.33. The number of hydrogen-bond acceptors (Lipinski definition) is 7. The van der Waals surface area contributed by atoms with Crippen LogP contribution in [-0.2, 0) is 19.6 Å². The van der Waals surface area contributed by atoms with E-state index < -0.39 is 21.5 Å². The van der Waals surface area contributed by atoms with Gasteiger partial charge in [0.15, 0.2) is 0 Å². The normalized spacial score (nSPS) is 23.4. The minimum Gasteiger partial charge on any atom is -0.494 e. The van der Waals surface area contributed by atoms with Gasteiger partial charge in [0.1, 0.15) is 11.3 Å². The van der Waals surface area contributed by atoms with Crippen LogP contribution in [0.15, 0.2) is 57.3 Å². The van der Waals surface area contributed by atoms with Crippen molar-refractivity contribution in [3.8, 4) is 5.75 Å². The number of hydrogen-bond donors (Lipinski definition) is 0. The number of esters is 1. The van der Waals surface area contributed by atoms with Crippen LogP contribution in [0.2, 0.25) is 5.02 Å². The fourth-order valence-corrected chi connectivity index (χ4v) is 7.19. The first kappa shape index (κ1) is 26.8. The van der Waals surface area contributed by atoms with Crippen LogP contribution in [0.3, 0.4) is 0 Å². The number of fused-ring (bicyclic) bond motifs is 1. The average Bonchev–Trinajstić information content (AvgIpc) is 3.16. The van der Waals surface area contributed by atoms with Crippen LogP contribution >= 0.6 is 11.6 Å². The van der Waals surface area contributed by atoms with Gasteiger partial charge in [-0.15, -0.1) is 0 Å². The number of aliphatic imine (C=N–C) groups is 2. The zero-order valence-electron chi connectivity index (χ0n) is 21.6. The zero-order valence-corrected chi connectivity index (χ0v) is 23.2. The van der Waals surface area contributed by atoms with Gasteiger partial charge in [-0.25, -0.2) is 8.42 Å². The van der Waals surface area contributed by atoms with Gasteiger partial charge in [0.2, 0.25) is 10.0 Å². The summed E-state index contributed by atoms with van der Waals surface area (Å²) in [6.45, 7) is 2.84. The van der Waals surface area contributed by atoms with Crippen molar-refractivity contribution in [3.05, 3.63) is 53.1 Å². The standard InChI is InChI=1S/C28H32ClN3O5S/c1-3-37-22-8-10-23(11-9-22)38(34,35)32-16-20(13-19-5-4-6-19)28(18-32)17-30-25-12-7-21(29)14-24(25)26(31-28)15-27(33)36-2/h7-12,14,17,19-20H,3-6,13,15-16,18H2,1-2H3/t20-,28?/m1/s1. The number of carbonyl (C=O) groups is 1. The number of benzene rings is 2. The quantitative estimate of drug-likeness (QED) is 0.423. The third kappa shape index (κ3) is 5.24. The van der Waals surface area contributed by atoms with E-state index in [2.05, 4.69) is 0 Å². The number of carbonyl (C=O) groups excluding carboxylic acids is 1. The largest absolute Gasteiger partial charge is 0.494 e. The molecule has 0 bridgehead atoms. The van der Waals surface area contributed by atoms with E-state index in [4.69, 9.17) is 31.1 Å². The number of rotatable bonds is 8. The Labute approximate surface area is 228 Å². The summed E-state index contributed by atoms with van der Waals surface area (Å²) in [6.07, 6.45) is 6.02. The van der Waals surface area contributed by atoms with Crippen LogP contribution in [0.5, 0.6) is 5.75 Å². The fourth-order valence-electron chi connectivity index (χ4n) is 5.49. The highest BCUT2D eigenvalue weighted by atomic mass is 35.5. The van der Waals surface area contributed by atoms with Crippen molar-refractivity contribution in [2.75, 3.05) is 26.8 Å². The van der Waals surface area contributed by atoms with Gasteiger partial charge in [0.25, 0.3) is 0 Å². The molecule has 2 aromatic carbocycles. The molecule has 2 aromatic rings. The van der Waals surface area contributed by atoms with Gasteiger partial charge in [-0.05, 0) is 61.7 Å². The van der Waals surface area contributed by atoms with E-state index >= 15 is 0 Å². The molecule has 1 unspecified atom stereocenters. The molecule has 5 rings (SSSR count). The fraction of sp³-hybridized carbons (Fsp3) is 0.464. The Bertz CT molecular complexity index is 1370. The third-order valence-corrected chi connectivity index (χ3v) is 9.82. The van der Waals surface area contributed by atoms with Crippen molar-refractivity contribution in [3.63, 3.8) is 0 Å². The second-order valence-electron chi connectivity index (χ2n) is 10.2. The lowest BCUT2D eigenvalue weighted by atomic mass is 9.74. The molecule has 1 saturated heterocycles. The first-order valence-corrected chi connectivity index (χ1v) is 14.8. The molecule has 0 radical (unpaired) electrons. The van der Waals surface area contributed by atoms with Crippen LogP contribution in [0, 0.1) is 11.8 Å². The van der Waals surface area contributed by atoms with E-state index in [1.54, 1.807) is 48.7 Å². The summed E-state index contributed by atoms with van der Waals surface area (Å²) < 4.78 is 39.6. The van der Waals surface area contributed by atoms with E-state index in [1.165, 1.54) is 17.8 Å². The molecular formula is C28H32ClN3O5S. The molecule has 38 heavy (non-hydrogen) atoms. The molecular weight excluding hydrogens is 526 g/mol. The highest BCUT2D eigenvalue weighted by Gasteiger charge is 2.51. The smallest absolute Gasteiger partial charge is 0.311 e. The maximum atomic E-state index is 13.8. The van der Waals surface area contributed by atoms with Crippen molar-refractivity contribution >= 4 is 45.2 Å². The maximum absolute atomic E-state index is 13.8. The van der Waals surface area contributed by atoms with E-state index in [-0.39, 0.29) is 23.8 Å². The predicted octanol–water partition coefficient (Wildman–Crippen LogP) is 5.06. The van der Waals surface area contributed by atoms with Crippen molar-refractivity contribution in [2.45, 2.75) is 49.5 Å². The molecule has 1 spiro atoms. The Balaban J connectivity index is 1.56. The molecule has 2 atom stereocenters. The summed E-state index contributed by atoms with van der Waals surface area (Å²) in [5.74, 6) is 0.625. The topological polar surface area (TPSA) is 97.6 Å². The second-order valence-corrected chi connectivity index (χ2v) is 12.5. The average molecular weight is 558 g/mol. The van der Waals surface area contributed by atoms with Crippen molar-refractivity contribution in [1.82, 2.24) is 4.31 Å². The van der Waals surface area contributed by atoms with Gasteiger partial charge in [-0.1, -0.05) is 30.9 Å². The summed E-state index contributed by atoms with van der Waals surface area (Å²) in [5.41, 5.74) is 0.893. The zero-order chi connectivity index (χ0) is 26.9. The first-order valence-electron chi connectivity index (χ1n) is 13.0. The SMILES string of the molecule is CCOc1ccc(S(=O)(=O)N2C[C@@H](CC3CCC3)C3(C=Nc4ccc(Cl)cc4C(CC(=O)OC)=N3)C2)cc1. The minimum absolute atomic E-state index is 0.0588. The van der Waals surface area contributed by atoms with Gasteiger partial charge in [-0.3, -0.25) is 14.8 Å². The second kappa shape index (κ2) is 10.8. The van der Waals surface area contributed by atoms with Gasteiger partial charge in [0.05, 0.1) is 36.4 Å². The molecule has 202 valence electrons. The summed E-state index contributed by atoms with van der Waals surface area (Å²) >= 11 is 6.30. The van der Waals surface area contributed by atoms with Crippen molar-refractivity contribution in [1.29, 1.82) is 0 Å². The molecule has 1 saturated carbocycles. The number of sulfonamides is 1. The molecule has 2 heterocycles. The van der Waals surface area contributed by atoms with Gasteiger partial charge in [-0.2, -0.15) is 4.31 Å². The lowest BCUT2D eigenvalue weighted by Crippen LogP contribution is -2.41. The number of halogens is 1. The van der Waals surface area contributed by atoms with Crippen molar-refractivity contribution < 1.29 is 22.7 Å². The first-order chi connectivity index (χ1) is 18.2. The number of ether oxygens (including phenoxy) is 2. The molecule has 10 heteroatoms. The Morgan fingerprint density at radius 3 is 2.61 bits per heavy atom. The molecule has 0 amide bonds. The Hall–Kier alpha value is -2.75. The molecule has 0 N–H and O–H groups in total. The summed E-state index contributed by atoms with van der Waals surface area (Å²) in [7, 11) is -2.46. The third-order valence-electron chi connectivity index (χ3n) is 7.75. The van der Waals surface area contributed by atoms with Crippen LogP contribution in [0.25, 0.3) is 0 Å². The predicted molar refractivity (Wildman–Crippen MR) is 147 cm³/mol. The molecule has 2 fully saturated rings. The van der Waals surface area contributed by atoms with Gasteiger partial charge >= 0.3 is 5.97 Å². The highest BCUT2D eigenvalue weighted by Crippen LogP contribution is 2.44. The van der Waals surface area contributed by atoms with Crippen LogP contribution in [0.1, 0.15) is 44.6 Å². The van der Waals surface area contributed by atoms with Gasteiger partial charge < -0.3 is 9.47 Å².